The lowest BCUT2D eigenvalue weighted by molar-refractivity contribution is 0.459. The van der Waals surface area contributed by atoms with Crippen molar-refractivity contribution < 1.29 is 5.11 Å². The molecule has 0 aliphatic heterocycles. The first-order valence-corrected chi connectivity index (χ1v) is 5.09. The zero-order chi connectivity index (χ0) is 11.3. The van der Waals surface area contributed by atoms with Crippen LogP contribution in [0.4, 0.5) is 0 Å². The van der Waals surface area contributed by atoms with E-state index in [1.807, 2.05) is 6.92 Å². The van der Waals surface area contributed by atoms with Crippen LogP contribution >= 0.6 is 11.6 Å². The van der Waals surface area contributed by atoms with Gasteiger partial charge >= 0.3 is 0 Å². The van der Waals surface area contributed by atoms with Crippen LogP contribution in [0.15, 0.2) is 18.2 Å². The number of hydrogen-bond acceptors (Lipinski definition) is 3. The van der Waals surface area contributed by atoms with Crippen LogP contribution in [0.25, 0.3) is 0 Å². The van der Waals surface area contributed by atoms with Crippen molar-refractivity contribution in [1.82, 2.24) is 5.32 Å². The first-order chi connectivity index (χ1) is 7.13. The molecule has 1 aromatic rings. The molecule has 0 heterocycles. The third-order valence-electron chi connectivity index (χ3n) is 2.08. The Morgan fingerprint density at radius 3 is 3.00 bits per heavy atom. The van der Waals surface area contributed by atoms with Crippen molar-refractivity contribution in [2.75, 3.05) is 0 Å². The van der Waals surface area contributed by atoms with E-state index in [1.165, 1.54) is 0 Å². The molecule has 0 aromatic heterocycles. The van der Waals surface area contributed by atoms with Crippen LogP contribution < -0.4 is 5.32 Å². The van der Waals surface area contributed by atoms with Crippen molar-refractivity contribution in [3.8, 4) is 11.8 Å². The SMILES string of the molecule is CC(CC#N)NCc1cc(Cl)ccc1O. The van der Waals surface area contributed by atoms with Gasteiger partial charge in [0.25, 0.3) is 0 Å². The fourth-order valence-corrected chi connectivity index (χ4v) is 1.38. The smallest absolute Gasteiger partial charge is 0.120 e. The van der Waals surface area contributed by atoms with Crippen molar-refractivity contribution in [1.29, 1.82) is 5.26 Å². The summed E-state index contributed by atoms with van der Waals surface area (Å²) in [6, 6.07) is 7.10. The van der Waals surface area contributed by atoms with Gasteiger partial charge in [-0.05, 0) is 25.1 Å². The summed E-state index contributed by atoms with van der Waals surface area (Å²) >= 11 is 5.80. The molecule has 1 unspecified atom stereocenters. The number of aromatic hydroxyl groups is 1. The van der Waals surface area contributed by atoms with E-state index in [1.54, 1.807) is 18.2 Å². The number of hydrogen-bond donors (Lipinski definition) is 2. The second-order valence-corrected chi connectivity index (χ2v) is 3.85. The quantitative estimate of drug-likeness (QED) is 0.826. The van der Waals surface area contributed by atoms with E-state index in [4.69, 9.17) is 16.9 Å². The third kappa shape index (κ3) is 3.78. The maximum atomic E-state index is 9.51. The van der Waals surface area contributed by atoms with Gasteiger partial charge in [0, 0.05) is 23.2 Å². The second kappa shape index (κ2) is 5.59. The predicted octanol–water partition coefficient (Wildman–Crippen LogP) is 2.44. The predicted molar refractivity (Wildman–Crippen MR) is 59.6 cm³/mol. The average molecular weight is 225 g/mol. The zero-order valence-electron chi connectivity index (χ0n) is 8.50. The lowest BCUT2D eigenvalue weighted by Gasteiger charge is -2.11. The summed E-state index contributed by atoms with van der Waals surface area (Å²) in [4.78, 5) is 0. The first-order valence-electron chi connectivity index (χ1n) is 4.71. The van der Waals surface area contributed by atoms with Crippen LogP contribution in [-0.2, 0) is 6.54 Å². The molecule has 1 atom stereocenters. The highest BCUT2D eigenvalue weighted by atomic mass is 35.5. The molecule has 0 aliphatic carbocycles. The summed E-state index contributed by atoms with van der Waals surface area (Å²) in [6.45, 7) is 2.43. The molecule has 3 nitrogen and oxygen atoms in total. The van der Waals surface area contributed by atoms with Gasteiger partial charge in [0.2, 0.25) is 0 Å². The van der Waals surface area contributed by atoms with E-state index < -0.39 is 0 Å². The van der Waals surface area contributed by atoms with Crippen LogP contribution in [0, 0.1) is 11.3 Å². The van der Waals surface area contributed by atoms with Gasteiger partial charge < -0.3 is 10.4 Å². The highest BCUT2D eigenvalue weighted by Gasteiger charge is 2.04. The summed E-state index contributed by atoms with van der Waals surface area (Å²) < 4.78 is 0. The minimum Gasteiger partial charge on any atom is -0.508 e. The summed E-state index contributed by atoms with van der Waals surface area (Å²) in [5.41, 5.74) is 0.743. The zero-order valence-corrected chi connectivity index (χ0v) is 9.25. The number of halogens is 1. The second-order valence-electron chi connectivity index (χ2n) is 3.42. The third-order valence-corrected chi connectivity index (χ3v) is 2.32. The van der Waals surface area contributed by atoms with Gasteiger partial charge in [-0.15, -0.1) is 0 Å². The highest BCUT2D eigenvalue weighted by molar-refractivity contribution is 6.30. The van der Waals surface area contributed by atoms with Crippen LogP contribution in [0.2, 0.25) is 5.02 Å². The number of phenolic OH excluding ortho intramolecular Hbond substituents is 1. The molecule has 80 valence electrons. The van der Waals surface area contributed by atoms with E-state index in [0.717, 1.165) is 5.56 Å². The monoisotopic (exact) mass is 224 g/mol. The fourth-order valence-electron chi connectivity index (χ4n) is 1.19. The van der Waals surface area contributed by atoms with Crippen LogP contribution in [-0.4, -0.2) is 11.1 Å². The minimum atomic E-state index is 0.105. The maximum Gasteiger partial charge on any atom is 0.120 e. The summed E-state index contributed by atoms with van der Waals surface area (Å²) in [5, 5.41) is 21.7. The number of nitriles is 1. The van der Waals surface area contributed by atoms with Crippen molar-refractivity contribution in [2.24, 2.45) is 0 Å². The Morgan fingerprint density at radius 2 is 2.33 bits per heavy atom. The van der Waals surface area contributed by atoms with Gasteiger partial charge in [-0.2, -0.15) is 5.26 Å². The molecule has 0 bridgehead atoms. The maximum absolute atomic E-state index is 9.51. The molecule has 0 spiro atoms. The Balaban J connectivity index is 2.57. The van der Waals surface area contributed by atoms with Crippen molar-refractivity contribution in [3.05, 3.63) is 28.8 Å². The van der Waals surface area contributed by atoms with Crippen molar-refractivity contribution in [2.45, 2.75) is 25.9 Å². The molecule has 1 rings (SSSR count). The molecular weight excluding hydrogens is 212 g/mol. The van der Waals surface area contributed by atoms with Crippen LogP contribution in [0.1, 0.15) is 18.9 Å². The molecule has 15 heavy (non-hydrogen) atoms. The minimum absolute atomic E-state index is 0.105. The summed E-state index contributed by atoms with van der Waals surface area (Å²) in [7, 11) is 0. The molecule has 2 N–H and O–H groups in total. The van der Waals surface area contributed by atoms with Gasteiger partial charge in [0.15, 0.2) is 0 Å². The van der Waals surface area contributed by atoms with Crippen molar-refractivity contribution >= 4 is 11.6 Å². The van der Waals surface area contributed by atoms with E-state index in [9.17, 15) is 5.11 Å². The highest BCUT2D eigenvalue weighted by Crippen LogP contribution is 2.21. The Morgan fingerprint density at radius 1 is 1.60 bits per heavy atom. The number of rotatable bonds is 4. The van der Waals surface area contributed by atoms with Gasteiger partial charge in [-0.1, -0.05) is 11.6 Å². The Hall–Kier alpha value is -1.24. The van der Waals surface area contributed by atoms with Gasteiger partial charge in [0.1, 0.15) is 5.75 Å². The first kappa shape index (κ1) is 11.8. The number of phenols is 1. The van der Waals surface area contributed by atoms with E-state index >= 15 is 0 Å². The number of benzene rings is 1. The van der Waals surface area contributed by atoms with E-state index in [0.29, 0.717) is 18.0 Å². The summed E-state index contributed by atoms with van der Waals surface area (Å²) in [6.07, 6.45) is 0.446. The van der Waals surface area contributed by atoms with Gasteiger partial charge in [-0.25, -0.2) is 0 Å². The molecule has 0 saturated heterocycles. The van der Waals surface area contributed by atoms with Crippen molar-refractivity contribution in [3.63, 3.8) is 0 Å². The average Bonchev–Trinajstić information content (AvgIpc) is 2.20. The topological polar surface area (TPSA) is 56.0 Å². The molecule has 1 aromatic carbocycles. The molecule has 0 aliphatic rings. The van der Waals surface area contributed by atoms with Crippen LogP contribution in [0.5, 0.6) is 5.75 Å². The van der Waals surface area contributed by atoms with Crippen LogP contribution in [0.3, 0.4) is 0 Å². The lowest BCUT2D eigenvalue weighted by Crippen LogP contribution is -2.24. The van der Waals surface area contributed by atoms with E-state index in [-0.39, 0.29) is 11.8 Å². The van der Waals surface area contributed by atoms with Gasteiger partial charge in [-0.3, -0.25) is 0 Å². The summed E-state index contributed by atoms with van der Waals surface area (Å²) in [5.74, 6) is 0.219. The number of nitrogens with zero attached hydrogens (tertiary/aromatic N) is 1. The molecular formula is C11H13ClN2O. The molecule has 0 radical (unpaired) electrons. The normalized spacial score (nSPS) is 12.1. The largest absolute Gasteiger partial charge is 0.508 e. The standard InChI is InChI=1S/C11H13ClN2O/c1-8(4-5-13)14-7-9-6-10(12)2-3-11(9)15/h2-3,6,8,14-15H,4,7H2,1H3. The Labute approximate surface area is 94.3 Å². The number of nitrogens with one attached hydrogen (secondary N) is 1. The molecule has 0 amide bonds. The molecule has 0 saturated carbocycles. The lowest BCUT2D eigenvalue weighted by atomic mass is 10.2. The molecule has 4 heteroatoms. The van der Waals surface area contributed by atoms with Gasteiger partial charge in [0.05, 0.1) is 12.5 Å². The van der Waals surface area contributed by atoms with E-state index in [2.05, 4.69) is 11.4 Å². The Kier molecular flexibility index (Phi) is 4.41. The molecule has 0 fully saturated rings. The Bertz CT molecular complexity index is 373. The fraction of sp³-hybridized carbons (Fsp3) is 0.364.